The van der Waals surface area contributed by atoms with Gasteiger partial charge in [0, 0.05) is 26.2 Å². The summed E-state index contributed by atoms with van der Waals surface area (Å²) in [4.78, 5) is 35.5. The number of carbonyl (C=O) groups is 1. The van der Waals surface area contributed by atoms with Crippen LogP contribution in [-0.4, -0.2) is 47.1 Å². The molecule has 0 aliphatic carbocycles. The summed E-state index contributed by atoms with van der Waals surface area (Å²) >= 11 is 0. The number of amides is 1. The van der Waals surface area contributed by atoms with E-state index in [1.807, 2.05) is 53.4 Å². The summed E-state index contributed by atoms with van der Waals surface area (Å²) in [6.07, 6.45) is -0.321. The van der Waals surface area contributed by atoms with Gasteiger partial charge in [-0.15, -0.1) is 0 Å². The van der Waals surface area contributed by atoms with Crippen molar-refractivity contribution in [1.82, 2.24) is 14.9 Å². The second-order valence-corrected chi connectivity index (χ2v) is 6.42. The Morgan fingerprint density at radius 2 is 1.70 bits per heavy atom. The molecule has 2 heterocycles. The Balaban J connectivity index is 1.37. The molecule has 0 unspecified atom stereocenters. The SMILES string of the molecule is O=C(OCc1ccccc1)N1CCN(c2nc3ccccc3c(=O)[nH]2)CC1. The average Bonchev–Trinajstić information content (AvgIpc) is 2.73. The quantitative estimate of drug-likeness (QED) is 0.772. The van der Waals surface area contributed by atoms with Gasteiger partial charge in [-0.2, -0.15) is 0 Å². The van der Waals surface area contributed by atoms with E-state index in [1.54, 1.807) is 11.0 Å². The number of benzene rings is 2. The number of piperazine rings is 1. The highest BCUT2D eigenvalue weighted by Crippen LogP contribution is 2.14. The normalized spacial score (nSPS) is 14.4. The van der Waals surface area contributed by atoms with Gasteiger partial charge in [0.15, 0.2) is 0 Å². The highest BCUT2D eigenvalue weighted by molar-refractivity contribution is 5.78. The standard InChI is InChI=1S/C20H20N4O3/c25-18-16-8-4-5-9-17(16)21-19(22-18)23-10-12-24(13-11-23)20(26)27-14-15-6-2-1-3-7-15/h1-9H,10-14H2,(H,21,22,25). The monoisotopic (exact) mass is 364 g/mol. The molecule has 3 aromatic rings. The number of carbonyl (C=O) groups excluding carboxylic acids is 1. The van der Waals surface area contributed by atoms with E-state index in [4.69, 9.17) is 4.74 Å². The number of nitrogens with one attached hydrogen (secondary N) is 1. The van der Waals surface area contributed by atoms with Gasteiger partial charge in [-0.1, -0.05) is 42.5 Å². The Morgan fingerprint density at radius 1 is 1.00 bits per heavy atom. The molecule has 138 valence electrons. The van der Waals surface area contributed by atoms with Crippen molar-refractivity contribution >= 4 is 22.9 Å². The van der Waals surface area contributed by atoms with Crippen LogP contribution < -0.4 is 10.5 Å². The molecule has 1 aliphatic rings. The molecule has 0 atom stereocenters. The van der Waals surface area contributed by atoms with Crippen LogP contribution in [0.2, 0.25) is 0 Å². The van der Waals surface area contributed by atoms with E-state index in [9.17, 15) is 9.59 Å². The number of aromatic nitrogens is 2. The van der Waals surface area contributed by atoms with Crippen molar-refractivity contribution in [3.05, 3.63) is 70.5 Å². The fourth-order valence-electron chi connectivity index (χ4n) is 3.14. The summed E-state index contributed by atoms with van der Waals surface area (Å²) in [6, 6.07) is 16.9. The summed E-state index contributed by atoms with van der Waals surface area (Å²) in [5.74, 6) is 0.538. The van der Waals surface area contributed by atoms with Crippen molar-refractivity contribution in [3.63, 3.8) is 0 Å². The first-order valence-electron chi connectivity index (χ1n) is 8.90. The van der Waals surface area contributed by atoms with Crippen LogP contribution >= 0.6 is 0 Å². The maximum Gasteiger partial charge on any atom is 0.410 e. The molecule has 4 rings (SSSR count). The Labute approximate surface area is 156 Å². The number of hydrogen-bond donors (Lipinski definition) is 1. The van der Waals surface area contributed by atoms with E-state index in [0.29, 0.717) is 43.0 Å². The van der Waals surface area contributed by atoms with Crippen LogP contribution in [0.4, 0.5) is 10.7 Å². The molecule has 1 fully saturated rings. The number of hydrogen-bond acceptors (Lipinski definition) is 5. The smallest absolute Gasteiger partial charge is 0.410 e. The first-order valence-corrected chi connectivity index (χ1v) is 8.90. The first-order chi connectivity index (χ1) is 13.2. The molecule has 2 aromatic carbocycles. The van der Waals surface area contributed by atoms with Gasteiger partial charge < -0.3 is 14.5 Å². The molecule has 1 saturated heterocycles. The minimum atomic E-state index is -0.321. The molecule has 1 aliphatic heterocycles. The van der Waals surface area contributed by atoms with Gasteiger partial charge in [0.25, 0.3) is 5.56 Å². The predicted molar refractivity (Wildman–Crippen MR) is 103 cm³/mol. The highest BCUT2D eigenvalue weighted by Gasteiger charge is 2.23. The molecular weight excluding hydrogens is 344 g/mol. The highest BCUT2D eigenvalue weighted by atomic mass is 16.6. The number of anilines is 1. The van der Waals surface area contributed by atoms with Crippen LogP contribution in [0.3, 0.4) is 0 Å². The fourth-order valence-corrected chi connectivity index (χ4v) is 3.14. The van der Waals surface area contributed by atoms with Crippen molar-refractivity contribution in [1.29, 1.82) is 0 Å². The summed E-state index contributed by atoms with van der Waals surface area (Å²) in [7, 11) is 0. The van der Waals surface area contributed by atoms with Crippen LogP contribution in [0.25, 0.3) is 10.9 Å². The van der Waals surface area contributed by atoms with Gasteiger partial charge in [-0.05, 0) is 17.7 Å². The Kier molecular flexibility index (Phi) is 4.74. The van der Waals surface area contributed by atoms with Gasteiger partial charge in [0.1, 0.15) is 6.61 Å². The number of aromatic amines is 1. The van der Waals surface area contributed by atoms with E-state index in [-0.39, 0.29) is 18.3 Å². The lowest BCUT2D eigenvalue weighted by molar-refractivity contribution is 0.0941. The zero-order valence-corrected chi connectivity index (χ0v) is 14.8. The van der Waals surface area contributed by atoms with Crippen molar-refractivity contribution in [2.75, 3.05) is 31.1 Å². The Hall–Kier alpha value is -3.35. The Morgan fingerprint density at radius 3 is 2.48 bits per heavy atom. The molecular formula is C20H20N4O3. The van der Waals surface area contributed by atoms with Gasteiger partial charge in [0.05, 0.1) is 10.9 Å². The maximum absolute atomic E-state index is 12.3. The summed E-state index contributed by atoms with van der Waals surface area (Å²) < 4.78 is 5.38. The summed E-state index contributed by atoms with van der Waals surface area (Å²) in [5.41, 5.74) is 1.48. The number of fused-ring (bicyclic) bond motifs is 1. The minimum Gasteiger partial charge on any atom is -0.445 e. The molecule has 7 nitrogen and oxygen atoms in total. The van der Waals surface area contributed by atoms with Gasteiger partial charge >= 0.3 is 6.09 Å². The van der Waals surface area contributed by atoms with Crippen molar-refractivity contribution in [2.24, 2.45) is 0 Å². The zero-order valence-electron chi connectivity index (χ0n) is 14.8. The van der Waals surface area contributed by atoms with E-state index < -0.39 is 0 Å². The molecule has 1 amide bonds. The number of H-pyrrole nitrogens is 1. The third-order valence-corrected chi connectivity index (χ3v) is 4.64. The van der Waals surface area contributed by atoms with E-state index in [1.165, 1.54) is 0 Å². The summed E-state index contributed by atoms with van der Waals surface area (Å²) in [6.45, 7) is 2.47. The third kappa shape index (κ3) is 3.76. The second kappa shape index (κ2) is 7.49. The second-order valence-electron chi connectivity index (χ2n) is 6.42. The summed E-state index contributed by atoms with van der Waals surface area (Å²) in [5, 5.41) is 0.573. The lowest BCUT2D eigenvalue weighted by Gasteiger charge is -2.34. The maximum atomic E-state index is 12.3. The van der Waals surface area contributed by atoms with Crippen molar-refractivity contribution < 1.29 is 9.53 Å². The third-order valence-electron chi connectivity index (χ3n) is 4.64. The molecule has 0 radical (unpaired) electrons. The number of ether oxygens (including phenoxy) is 1. The number of rotatable bonds is 3. The zero-order chi connectivity index (χ0) is 18.6. The van der Waals surface area contributed by atoms with Crippen molar-refractivity contribution in [2.45, 2.75) is 6.61 Å². The minimum absolute atomic E-state index is 0.152. The molecule has 0 saturated carbocycles. The van der Waals surface area contributed by atoms with Crippen LogP contribution in [0.5, 0.6) is 0 Å². The van der Waals surface area contributed by atoms with Crippen LogP contribution in [0.1, 0.15) is 5.56 Å². The topological polar surface area (TPSA) is 78.5 Å². The van der Waals surface area contributed by atoms with Crippen LogP contribution in [0.15, 0.2) is 59.4 Å². The van der Waals surface area contributed by atoms with Gasteiger partial charge in [-0.3, -0.25) is 9.78 Å². The number of para-hydroxylation sites is 1. The fraction of sp³-hybridized carbons (Fsp3) is 0.250. The van der Waals surface area contributed by atoms with Crippen LogP contribution in [-0.2, 0) is 11.3 Å². The predicted octanol–water partition coefficient (Wildman–Crippen LogP) is 2.38. The van der Waals surface area contributed by atoms with E-state index in [2.05, 4.69) is 9.97 Å². The molecule has 27 heavy (non-hydrogen) atoms. The lowest BCUT2D eigenvalue weighted by Crippen LogP contribution is -2.49. The van der Waals surface area contributed by atoms with Gasteiger partial charge in [-0.25, -0.2) is 9.78 Å². The number of nitrogens with zero attached hydrogens (tertiary/aromatic N) is 3. The molecule has 1 N–H and O–H groups in total. The molecule has 0 spiro atoms. The first kappa shape index (κ1) is 17.1. The molecule has 0 bridgehead atoms. The van der Waals surface area contributed by atoms with E-state index >= 15 is 0 Å². The van der Waals surface area contributed by atoms with Crippen molar-refractivity contribution in [3.8, 4) is 0 Å². The van der Waals surface area contributed by atoms with Gasteiger partial charge in [0.2, 0.25) is 5.95 Å². The molecule has 7 heteroatoms. The molecule has 1 aromatic heterocycles. The van der Waals surface area contributed by atoms with E-state index in [0.717, 1.165) is 5.56 Å². The average molecular weight is 364 g/mol. The van der Waals surface area contributed by atoms with Crippen LogP contribution in [0, 0.1) is 0 Å². The largest absolute Gasteiger partial charge is 0.445 e. The lowest BCUT2D eigenvalue weighted by atomic mass is 10.2. The Bertz CT molecular complexity index is 995.